The van der Waals surface area contributed by atoms with Crippen molar-refractivity contribution in [1.29, 1.82) is 0 Å². The second-order valence-corrected chi connectivity index (χ2v) is 6.33. The van der Waals surface area contributed by atoms with Gasteiger partial charge in [0.25, 0.3) is 5.91 Å². The highest BCUT2D eigenvalue weighted by Gasteiger charge is 2.22. The average Bonchev–Trinajstić information content (AvgIpc) is 2.73. The third-order valence-corrected chi connectivity index (χ3v) is 4.42. The maximum atomic E-state index is 12.2. The van der Waals surface area contributed by atoms with E-state index in [0.717, 1.165) is 24.0 Å². The smallest absolute Gasteiger partial charge is 0.255 e. The lowest BCUT2D eigenvalue weighted by Gasteiger charge is -2.17. The third-order valence-electron chi connectivity index (χ3n) is 4.42. The highest BCUT2D eigenvalue weighted by atomic mass is 16.5. The van der Waals surface area contributed by atoms with Crippen molar-refractivity contribution >= 4 is 5.91 Å². The van der Waals surface area contributed by atoms with Crippen LogP contribution in [-0.2, 0) is 11.2 Å². The van der Waals surface area contributed by atoms with Crippen LogP contribution in [0.3, 0.4) is 0 Å². The fourth-order valence-electron chi connectivity index (χ4n) is 3.10. The first-order chi connectivity index (χ1) is 13.3. The first kappa shape index (κ1) is 18.7. The van der Waals surface area contributed by atoms with E-state index in [2.05, 4.69) is 12.1 Å². The van der Waals surface area contributed by atoms with Crippen molar-refractivity contribution in [3.8, 4) is 5.75 Å². The van der Waals surface area contributed by atoms with Crippen LogP contribution in [0.15, 0.2) is 84.9 Å². The molecule has 1 amide bonds. The van der Waals surface area contributed by atoms with Gasteiger partial charge in [0, 0.05) is 0 Å². The van der Waals surface area contributed by atoms with Gasteiger partial charge in [-0.2, -0.15) is 0 Å². The van der Waals surface area contributed by atoms with Gasteiger partial charge in [-0.15, -0.1) is 0 Å². The summed E-state index contributed by atoms with van der Waals surface area (Å²) in [6.45, 7) is 0.598. The molecule has 4 nitrogen and oxygen atoms in total. The zero-order chi connectivity index (χ0) is 18.9. The molecule has 0 aromatic heterocycles. The molecule has 0 saturated heterocycles. The van der Waals surface area contributed by atoms with E-state index in [1.54, 1.807) is 5.48 Å². The molecule has 0 saturated carbocycles. The molecule has 0 aliphatic carbocycles. The average molecular weight is 361 g/mol. The molecule has 3 aromatic rings. The van der Waals surface area contributed by atoms with Crippen LogP contribution in [0.5, 0.6) is 5.75 Å². The van der Waals surface area contributed by atoms with Crippen molar-refractivity contribution in [2.24, 2.45) is 0 Å². The second-order valence-electron chi connectivity index (χ2n) is 6.33. The molecule has 0 spiro atoms. The van der Waals surface area contributed by atoms with Crippen LogP contribution in [0.4, 0.5) is 0 Å². The molecular formula is C23H23NO3. The van der Waals surface area contributed by atoms with Crippen molar-refractivity contribution in [2.45, 2.75) is 18.8 Å². The van der Waals surface area contributed by atoms with E-state index in [1.807, 2.05) is 72.8 Å². The quantitative estimate of drug-likeness (QED) is 0.357. The molecule has 0 fully saturated rings. The van der Waals surface area contributed by atoms with Gasteiger partial charge in [-0.3, -0.25) is 10.0 Å². The van der Waals surface area contributed by atoms with Crippen LogP contribution < -0.4 is 10.2 Å². The van der Waals surface area contributed by atoms with Gasteiger partial charge in [-0.05, 0) is 41.7 Å². The van der Waals surface area contributed by atoms with Crippen LogP contribution in [0.1, 0.15) is 29.0 Å². The number of benzene rings is 3. The summed E-state index contributed by atoms with van der Waals surface area (Å²) in [6.07, 6.45) is 1.87. The summed E-state index contributed by atoms with van der Waals surface area (Å²) in [7, 11) is 0. The highest BCUT2D eigenvalue weighted by molar-refractivity contribution is 5.86. The number of aryl methyl sites for hydroxylation is 1. The van der Waals surface area contributed by atoms with E-state index in [4.69, 9.17) is 9.94 Å². The van der Waals surface area contributed by atoms with E-state index >= 15 is 0 Å². The lowest BCUT2D eigenvalue weighted by molar-refractivity contribution is -0.129. The van der Waals surface area contributed by atoms with Crippen molar-refractivity contribution in [3.63, 3.8) is 0 Å². The molecule has 2 N–H and O–H groups in total. The van der Waals surface area contributed by atoms with Gasteiger partial charge in [0.05, 0.1) is 12.5 Å². The van der Waals surface area contributed by atoms with Gasteiger partial charge in [-0.25, -0.2) is 5.48 Å². The predicted molar refractivity (Wildman–Crippen MR) is 105 cm³/mol. The summed E-state index contributed by atoms with van der Waals surface area (Å²) in [4.78, 5) is 12.2. The zero-order valence-corrected chi connectivity index (χ0v) is 15.0. The first-order valence-corrected chi connectivity index (χ1v) is 9.03. The SMILES string of the molecule is O=C(NO)C(c1ccccc1)c1cccc(OCCCc2ccccc2)c1. The molecule has 0 aliphatic rings. The van der Waals surface area contributed by atoms with Gasteiger partial charge < -0.3 is 4.74 Å². The number of amides is 1. The molecule has 0 heterocycles. The molecular weight excluding hydrogens is 338 g/mol. The minimum atomic E-state index is -0.593. The van der Waals surface area contributed by atoms with Crippen molar-refractivity contribution in [1.82, 2.24) is 5.48 Å². The molecule has 1 unspecified atom stereocenters. The maximum Gasteiger partial charge on any atom is 0.255 e. The monoisotopic (exact) mass is 361 g/mol. The van der Waals surface area contributed by atoms with Crippen molar-refractivity contribution in [3.05, 3.63) is 102 Å². The van der Waals surface area contributed by atoms with Gasteiger partial charge in [0.15, 0.2) is 0 Å². The van der Waals surface area contributed by atoms with E-state index in [-0.39, 0.29) is 0 Å². The van der Waals surface area contributed by atoms with Crippen LogP contribution in [0, 0.1) is 0 Å². The lowest BCUT2D eigenvalue weighted by Crippen LogP contribution is -2.27. The third kappa shape index (κ3) is 5.19. The fourth-order valence-corrected chi connectivity index (χ4v) is 3.10. The number of hydrogen-bond donors (Lipinski definition) is 2. The molecule has 3 aromatic carbocycles. The van der Waals surface area contributed by atoms with Gasteiger partial charge in [0.2, 0.25) is 0 Å². The summed E-state index contributed by atoms with van der Waals surface area (Å²) in [6, 6.07) is 27.1. The molecule has 0 bridgehead atoms. The Hall–Kier alpha value is -3.11. The molecule has 1 atom stereocenters. The number of hydrogen-bond acceptors (Lipinski definition) is 3. The van der Waals surface area contributed by atoms with Crippen LogP contribution in [-0.4, -0.2) is 17.7 Å². The topological polar surface area (TPSA) is 58.6 Å². The number of carbonyl (C=O) groups is 1. The molecule has 4 heteroatoms. The maximum absolute atomic E-state index is 12.2. The van der Waals surface area contributed by atoms with E-state index < -0.39 is 11.8 Å². The van der Waals surface area contributed by atoms with Crippen LogP contribution in [0.25, 0.3) is 0 Å². The minimum absolute atomic E-state index is 0.470. The molecule has 27 heavy (non-hydrogen) atoms. The van der Waals surface area contributed by atoms with Crippen LogP contribution >= 0.6 is 0 Å². The van der Waals surface area contributed by atoms with E-state index in [1.165, 1.54) is 5.56 Å². The van der Waals surface area contributed by atoms with E-state index in [0.29, 0.717) is 12.4 Å². The summed E-state index contributed by atoms with van der Waals surface area (Å²) < 4.78 is 5.87. The summed E-state index contributed by atoms with van der Waals surface area (Å²) in [5.41, 5.74) is 4.64. The summed E-state index contributed by atoms with van der Waals surface area (Å²) >= 11 is 0. The normalized spacial score (nSPS) is 11.6. The Balaban J connectivity index is 1.67. The van der Waals surface area contributed by atoms with Crippen molar-refractivity contribution < 1.29 is 14.7 Å². The fraction of sp³-hybridized carbons (Fsp3) is 0.174. The minimum Gasteiger partial charge on any atom is -0.494 e. The number of nitrogens with one attached hydrogen (secondary N) is 1. The number of carbonyl (C=O) groups excluding carboxylic acids is 1. The summed E-state index contributed by atoms with van der Waals surface area (Å²) in [5.74, 6) is -0.348. The van der Waals surface area contributed by atoms with Crippen LogP contribution in [0.2, 0.25) is 0 Å². The largest absolute Gasteiger partial charge is 0.494 e. The first-order valence-electron chi connectivity index (χ1n) is 9.03. The Morgan fingerprint density at radius 3 is 2.26 bits per heavy atom. The Kier molecular flexibility index (Phi) is 6.61. The number of ether oxygens (including phenoxy) is 1. The Bertz CT molecular complexity index is 850. The number of rotatable bonds is 8. The standard InChI is InChI=1S/C23H23NO3/c25-23(24-26)22(19-12-5-2-6-13-19)20-14-7-15-21(17-20)27-16-8-11-18-9-3-1-4-10-18/h1-7,9-10,12-15,17,22,26H,8,11,16H2,(H,24,25). The number of hydroxylamine groups is 1. The van der Waals surface area contributed by atoms with Crippen molar-refractivity contribution in [2.75, 3.05) is 6.61 Å². The lowest BCUT2D eigenvalue weighted by atomic mass is 9.90. The predicted octanol–water partition coefficient (Wildman–Crippen LogP) is 4.34. The second kappa shape index (κ2) is 9.55. The van der Waals surface area contributed by atoms with E-state index in [9.17, 15) is 4.79 Å². The molecule has 0 aliphatic heterocycles. The Morgan fingerprint density at radius 1 is 0.889 bits per heavy atom. The Labute approximate surface area is 159 Å². The van der Waals surface area contributed by atoms with Gasteiger partial charge in [-0.1, -0.05) is 72.8 Å². The molecule has 3 rings (SSSR count). The summed E-state index contributed by atoms with van der Waals surface area (Å²) in [5, 5.41) is 9.15. The zero-order valence-electron chi connectivity index (χ0n) is 15.0. The van der Waals surface area contributed by atoms with Gasteiger partial charge >= 0.3 is 0 Å². The highest BCUT2D eigenvalue weighted by Crippen LogP contribution is 2.27. The molecule has 138 valence electrons. The molecule has 0 radical (unpaired) electrons. The Morgan fingerprint density at radius 2 is 1.56 bits per heavy atom. The van der Waals surface area contributed by atoms with Gasteiger partial charge in [0.1, 0.15) is 5.75 Å².